The molecule has 0 saturated carbocycles. The van der Waals surface area contributed by atoms with E-state index in [9.17, 15) is 4.79 Å². The van der Waals surface area contributed by atoms with Gasteiger partial charge in [0.1, 0.15) is 0 Å². The molecule has 0 bridgehead atoms. The predicted molar refractivity (Wildman–Crippen MR) is 165 cm³/mol. The molecular formula is C34H70O3. The number of rotatable bonds is 30. The van der Waals surface area contributed by atoms with Crippen LogP contribution < -0.4 is 0 Å². The summed E-state index contributed by atoms with van der Waals surface area (Å²) in [7, 11) is 0. The molecule has 0 atom stereocenters. The molecule has 0 aromatic carbocycles. The second-order valence-corrected chi connectivity index (χ2v) is 11.4. The van der Waals surface area contributed by atoms with Crippen LogP contribution in [-0.2, 0) is 4.79 Å². The maximum absolute atomic E-state index is 10.3. The van der Waals surface area contributed by atoms with Gasteiger partial charge in [0.2, 0.25) is 0 Å². The summed E-state index contributed by atoms with van der Waals surface area (Å²) in [6.07, 6.45) is 39.4. The lowest BCUT2D eigenvalue weighted by Crippen LogP contribution is -1.93. The predicted octanol–water partition coefficient (Wildman–Crippen LogP) is 11.8. The number of aliphatic hydroxyl groups is 1. The van der Waals surface area contributed by atoms with Gasteiger partial charge in [-0.2, -0.15) is 0 Å². The first-order valence-electron chi connectivity index (χ1n) is 17.0. The molecule has 37 heavy (non-hydrogen) atoms. The third-order valence-corrected chi connectivity index (χ3v) is 7.51. The average molecular weight is 527 g/mol. The summed E-state index contributed by atoms with van der Waals surface area (Å²) in [5.41, 5.74) is 0. The fourth-order valence-corrected chi connectivity index (χ4v) is 4.95. The topological polar surface area (TPSA) is 57.5 Å². The van der Waals surface area contributed by atoms with E-state index in [2.05, 4.69) is 13.8 Å². The molecule has 3 nitrogen and oxygen atoms in total. The van der Waals surface area contributed by atoms with Crippen molar-refractivity contribution in [2.24, 2.45) is 0 Å². The molecular weight excluding hydrogens is 456 g/mol. The van der Waals surface area contributed by atoms with Crippen molar-refractivity contribution in [1.82, 2.24) is 0 Å². The van der Waals surface area contributed by atoms with E-state index in [1.807, 2.05) is 0 Å². The minimum absolute atomic E-state index is 0.345. The highest BCUT2D eigenvalue weighted by atomic mass is 16.4. The van der Waals surface area contributed by atoms with Gasteiger partial charge in [0.05, 0.1) is 0 Å². The molecule has 0 spiro atoms. The van der Waals surface area contributed by atoms with Crippen LogP contribution in [0.15, 0.2) is 0 Å². The minimum Gasteiger partial charge on any atom is -0.481 e. The summed E-state index contributed by atoms with van der Waals surface area (Å²) in [4.78, 5) is 10.3. The van der Waals surface area contributed by atoms with Gasteiger partial charge in [0.15, 0.2) is 0 Å². The van der Waals surface area contributed by atoms with E-state index in [1.165, 1.54) is 167 Å². The van der Waals surface area contributed by atoms with Crippen molar-refractivity contribution >= 4 is 5.97 Å². The zero-order chi connectivity index (χ0) is 27.5. The first-order valence-corrected chi connectivity index (χ1v) is 17.0. The molecule has 0 fully saturated rings. The SMILES string of the molecule is CCCCCCCCCCCCCCCCCC(=O)O.CCCCCCCCCCCCCCCCO. The van der Waals surface area contributed by atoms with E-state index >= 15 is 0 Å². The van der Waals surface area contributed by atoms with Gasteiger partial charge in [0, 0.05) is 13.0 Å². The Bertz CT molecular complexity index is 383. The van der Waals surface area contributed by atoms with Crippen molar-refractivity contribution in [1.29, 1.82) is 0 Å². The van der Waals surface area contributed by atoms with Crippen molar-refractivity contribution in [3.63, 3.8) is 0 Å². The molecule has 0 amide bonds. The van der Waals surface area contributed by atoms with Crippen LogP contribution in [0, 0.1) is 0 Å². The maximum atomic E-state index is 10.3. The van der Waals surface area contributed by atoms with E-state index in [0.717, 1.165) is 19.3 Å². The van der Waals surface area contributed by atoms with E-state index in [1.54, 1.807) is 0 Å². The maximum Gasteiger partial charge on any atom is 0.303 e. The summed E-state index contributed by atoms with van der Waals surface area (Å²) in [6.45, 7) is 4.92. The van der Waals surface area contributed by atoms with Crippen molar-refractivity contribution < 1.29 is 15.0 Å². The van der Waals surface area contributed by atoms with Crippen LogP contribution in [0.25, 0.3) is 0 Å². The Balaban J connectivity index is 0. The summed E-state index contributed by atoms with van der Waals surface area (Å²) in [6, 6.07) is 0. The molecule has 0 aliphatic heterocycles. The Kier molecular flexibility index (Phi) is 39.2. The van der Waals surface area contributed by atoms with Gasteiger partial charge in [0.25, 0.3) is 0 Å². The average Bonchev–Trinajstić information content (AvgIpc) is 2.89. The lowest BCUT2D eigenvalue weighted by Gasteiger charge is -2.03. The summed E-state index contributed by atoms with van der Waals surface area (Å²) in [5.74, 6) is -0.653. The van der Waals surface area contributed by atoms with Gasteiger partial charge >= 0.3 is 5.97 Å². The van der Waals surface area contributed by atoms with Gasteiger partial charge < -0.3 is 10.2 Å². The molecule has 0 saturated heterocycles. The Labute approximate surface area is 234 Å². The zero-order valence-electron chi connectivity index (χ0n) is 25.7. The highest BCUT2D eigenvalue weighted by molar-refractivity contribution is 5.66. The van der Waals surface area contributed by atoms with Crippen LogP contribution >= 0.6 is 0 Å². The highest BCUT2D eigenvalue weighted by Gasteiger charge is 1.97. The van der Waals surface area contributed by atoms with Crippen molar-refractivity contribution in [3.8, 4) is 0 Å². The van der Waals surface area contributed by atoms with Crippen molar-refractivity contribution in [2.75, 3.05) is 6.61 Å². The second-order valence-electron chi connectivity index (χ2n) is 11.4. The quantitative estimate of drug-likeness (QED) is 0.0915. The zero-order valence-corrected chi connectivity index (χ0v) is 25.7. The molecule has 0 aromatic heterocycles. The number of carboxylic acid groups (broad SMARTS) is 1. The smallest absolute Gasteiger partial charge is 0.303 e. The molecule has 0 aromatic rings. The van der Waals surface area contributed by atoms with Gasteiger partial charge in [-0.3, -0.25) is 4.79 Å². The molecule has 2 N–H and O–H groups in total. The lowest BCUT2D eigenvalue weighted by atomic mass is 10.0. The standard InChI is InChI=1S/C18H36O2.C16H34O/c1-2-3-4-5-6-7-8-9-10-11-12-13-14-15-16-17-18(19)20;1-2-3-4-5-6-7-8-9-10-11-12-13-14-15-16-17/h2-17H2,1H3,(H,19,20);17H,2-16H2,1H3. The monoisotopic (exact) mass is 527 g/mol. The number of hydrogen-bond acceptors (Lipinski definition) is 2. The second kappa shape index (κ2) is 37.6. The van der Waals surface area contributed by atoms with Crippen LogP contribution in [0.4, 0.5) is 0 Å². The Hall–Kier alpha value is -0.570. The molecule has 0 aliphatic rings. The first-order chi connectivity index (χ1) is 18.2. The minimum atomic E-state index is -0.653. The molecule has 0 aliphatic carbocycles. The summed E-state index contributed by atoms with van der Waals surface area (Å²) >= 11 is 0. The van der Waals surface area contributed by atoms with Gasteiger partial charge in [-0.25, -0.2) is 0 Å². The van der Waals surface area contributed by atoms with Crippen LogP contribution in [0.2, 0.25) is 0 Å². The molecule has 0 heterocycles. The Morgan fingerprint density at radius 3 is 0.811 bits per heavy atom. The number of carboxylic acids is 1. The molecule has 0 rings (SSSR count). The fraction of sp³-hybridized carbons (Fsp3) is 0.971. The Morgan fingerprint density at radius 2 is 0.595 bits per heavy atom. The van der Waals surface area contributed by atoms with E-state index in [-0.39, 0.29) is 0 Å². The Morgan fingerprint density at radius 1 is 0.378 bits per heavy atom. The normalized spacial score (nSPS) is 10.9. The fourth-order valence-electron chi connectivity index (χ4n) is 4.95. The number of carbonyl (C=O) groups is 1. The van der Waals surface area contributed by atoms with Gasteiger partial charge in [-0.05, 0) is 12.8 Å². The van der Waals surface area contributed by atoms with E-state index < -0.39 is 5.97 Å². The van der Waals surface area contributed by atoms with Crippen LogP contribution in [-0.4, -0.2) is 22.8 Å². The van der Waals surface area contributed by atoms with Gasteiger partial charge in [-0.1, -0.05) is 187 Å². The van der Waals surface area contributed by atoms with E-state index in [4.69, 9.17) is 10.2 Å². The number of aliphatic carboxylic acids is 1. The van der Waals surface area contributed by atoms with Crippen LogP contribution in [0.3, 0.4) is 0 Å². The summed E-state index contributed by atoms with van der Waals surface area (Å²) in [5, 5.41) is 17.2. The number of unbranched alkanes of at least 4 members (excludes halogenated alkanes) is 27. The third kappa shape index (κ3) is 42.8. The molecule has 224 valence electrons. The molecule has 0 unspecified atom stereocenters. The lowest BCUT2D eigenvalue weighted by molar-refractivity contribution is -0.137. The van der Waals surface area contributed by atoms with Crippen molar-refractivity contribution in [2.45, 2.75) is 206 Å². The van der Waals surface area contributed by atoms with E-state index in [0.29, 0.717) is 13.0 Å². The highest BCUT2D eigenvalue weighted by Crippen LogP contribution is 2.14. The summed E-state index contributed by atoms with van der Waals surface area (Å²) < 4.78 is 0. The molecule has 3 heteroatoms. The van der Waals surface area contributed by atoms with Gasteiger partial charge in [-0.15, -0.1) is 0 Å². The largest absolute Gasteiger partial charge is 0.481 e. The van der Waals surface area contributed by atoms with Crippen molar-refractivity contribution in [3.05, 3.63) is 0 Å². The third-order valence-electron chi connectivity index (χ3n) is 7.51. The molecule has 0 radical (unpaired) electrons. The van der Waals surface area contributed by atoms with Crippen LogP contribution in [0.5, 0.6) is 0 Å². The van der Waals surface area contributed by atoms with Crippen LogP contribution in [0.1, 0.15) is 206 Å². The number of hydrogen-bond donors (Lipinski definition) is 2. The first kappa shape index (κ1) is 38.6. The number of aliphatic hydroxyl groups excluding tert-OH is 1.